The molecule has 1 aromatic heterocycles. The molecule has 0 fully saturated rings. The fourth-order valence-corrected chi connectivity index (χ4v) is 0.976. The Morgan fingerprint density at radius 2 is 2.22 bits per heavy atom. The molecule has 1 heterocycles. The molecule has 0 aromatic carbocycles. The van der Waals surface area contributed by atoms with Gasteiger partial charge in [0, 0.05) is 12.4 Å². The zero-order valence-corrected chi connectivity index (χ0v) is 5.35. The summed E-state index contributed by atoms with van der Waals surface area (Å²) in [5, 5.41) is 4.75. The highest BCUT2D eigenvalue weighted by Crippen LogP contribution is 2.01. The highest BCUT2D eigenvalue weighted by Gasteiger charge is 2.05. The lowest BCUT2D eigenvalue weighted by molar-refractivity contribution is 0.598. The molecule has 0 aliphatic carbocycles. The number of nitrogens with two attached hydrogens (primary N) is 1. The topological polar surface area (TPSA) is 76.0 Å². The summed E-state index contributed by atoms with van der Waals surface area (Å²) in [6.07, 6.45) is 2.83. The molecule has 0 amide bonds. The Bertz CT molecular complexity index is 274. The molecule has 0 bridgehead atoms. The third-order valence-corrected chi connectivity index (χ3v) is 1.81. The van der Waals surface area contributed by atoms with Crippen LogP contribution in [0.3, 0.4) is 0 Å². The lowest BCUT2D eigenvalue weighted by Crippen LogP contribution is -2.10. The molecular weight excluding hydrogens is 140 g/mol. The average Bonchev–Trinajstić information content (AvgIpc) is 2.08. The van der Waals surface area contributed by atoms with Gasteiger partial charge in [-0.05, 0) is 6.07 Å². The lowest BCUT2D eigenvalue weighted by atomic mass is 10.7. The standard InChI is InChI=1S/C4H6N2O2S/c5-9(7,8)4-1-2-6-3-4/h1-3,6H,(H2,5,7,8). The second-order valence-electron chi connectivity index (χ2n) is 1.59. The molecule has 3 N–H and O–H groups in total. The van der Waals surface area contributed by atoms with Crippen LogP contribution in [-0.4, -0.2) is 13.4 Å². The molecule has 0 radical (unpaired) electrons. The van der Waals surface area contributed by atoms with Crippen LogP contribution in [0.2, 0.25) is 0 Å². The van der Waals surface area contributed by atoms with Gasteiger partial charge in [0.05, 0.1) is 4.90 Å². The summed E-state index contributed by atoms with van der Waals surface area (Å²) in [5.41, 5.74) is 0. The number of hydrogen-bond acceptors (Lipinski definition) is 2. The Labute approximate surface area is 52.7 Å². The van der Waals surface area contributed by atoms with Gasteiger partial charge in [-0.25, -0.2) is 13.6 Å². The van der Waals surface area contributed by atoms with Gasteiger partial charge in [-0.2, -0.15) is 0 Å². The minimum absolute atomic E-state index is 0.113. The molecule has 5 heteroatoms. The summed E-state index contributed by atoms with van der Waals surface area (Å²) < 4.78 is 20.9. The van der Waals surface area contributed by atoms with E-state index in [0.29, 0.717) is 0 Å². The minimum atomic E-state index is -3.49. The fourth-order valence-electron chi connectivity index (χ4n) is 0.486. The molecule has 1 aromatic rings. The number of H-pyrrole nitrogens is 1. The van der Waals surface area contributed by atoms with Crippen LogP contribution in [0.5, 0.6) is 0 Å². The zero-order chi connectivity index (χ0) is 6.91. The molecule has 0 spiro atoms. The van der Waals surface area contributed by atoms with Gasteiger partial charge in [-0.3, -0.25) is 0 Å². The molecule has 0 aliphatic heterocycles. The maximum atomic E-state index is 10.5. The van der Waals surface area contributed by atoms with Crippen LogP contribution in [0.4, 0.5) is 0 Å². The Balaban J connectivity index is 3.20. The van der Waals surface area contributed by atoms with E-state index in [1.165, 1.54) is 18.5 Å². The Morgan fingerprint density at radius 1 is 1.56 bits per heavy atom. The first-order valence-electron chi connectivity index (χ1n) is 2.26. The van der Waals surface area contributed by atoms with Crippen molar-refractivity contribution in [3.05, 3.63) is 18.5 Å². The molecule has 0 aliphatic rings. The van der Waals surface area contributed by atoms with E-state index in [-0.39, 0.29) is 4.90 Å². The SMILES string of the molecule is NS(=O)(=O)c1cc[nH]c1. The van der Waals surface area contributed by atoms with Gasteiger partial charge >= 0.3 is 0 Å². The maximum absolute atomic E-state index is 10.5. The smallest absolute Gasteiger partial charge is 0.239 e. The third-order valence-electron chi connectivity index (χ3n) is 0.898. The number of hydrogen-bond donors (Lipinski definition) is 2. The number of aromatic nitrogens is 1. The van der Waals surface area contributed by atoms with Crippen LogP contribution in [0.25, 0.3) is 0 Å². The molecule has 4 nitrogen and oxygen atoms in total. The monoisotopic (exact) mass is 146 g/mol. The summed E-state index contributed by atoms with van der Waals surface area (Å²) in [7, 11) is -3.49. The van der Waals surface area contributed by atoms with Crippen molar-refractivity contribution in [1.82, 2.24) is 4.98 Å². The van der Waals surface area contributed by atoms with Crippen molar-refractivity contribution < 1.29 is 8.42 Å². The number of primary sulfonamides is 1. The van der Waals surface area contributed by atoms with Crippen LogP contribution >= 0.6 is 0 Å². The molecule has 0 atom stereocenters. The average molecular weight is 146 g/mol. The molecule has 9 heavy (non-hydrogen) atoms. The van der Waals surface area contributed by atoms with Gasteiger partial charge in [-0.1, -0.05) is 0 Å². The Kier molecular flexibility index (Phi) is 1.30. The van der Waals surface area contributed by atoms with Crippen molar-refractivity contribution in [3.63, 3.8) is 0 Å². The largest absolute Gasteiger partial charge is 0.366 e. The predicted molar refractivity (Wildman–Crippen MR) is 32.2 cm³/mol. The minimum Gasteiger partial charge on any atom is -0.366 e. The van der Waals surface area contributed by atoms with Crippen molar-refractivity contribution in [2.24, 2.45) is 5.14 Å². The summed E-state index contributed by atoms with van der Waals surface area (Å²) in [6.45, 7) is 0. The van der Waals surface area contributed by atoms with Crippen LogP contribution in [0.1, 0.15) is 0 Å². The van der Waals surface area contributed by atoms with Crippen LogP contribution in [0.15, 0.2) is 23.4 Å². The number of nitrogens with one attached hydrogen (secondary N) is 1. The fraction of sp³-hybridized carbons (Fsp3) is 0. The van der Waals surface area contributed by atoms with Crippen molar-refractivity contribution >= 4 is 10.0 Å². The molecule has 0 saturated carbocycles. The van der Waals surface area contributed by atoms with Crippen molar-refractivity contribution in [3.8, 4) is 0 Å². The van der Waals surface area contributed by atoms with Crippen LogP contribution in [-0.2, 0) is 10.0 Å². The number of sulfonamides is 1. The van der Waals surface area contributed by atoms with Crippen LogP contribution in [0, 0.1) is 0 Å². The number of rotatable bonds is 1. The van der Waals surface area contributed by atoms with Gasteiger partial charge in [-0.15, -0.1) is 0 Å². The molecule has 0 saturated heterocycles. The van der Waals surface area contributed by atoms with Crippen molar-refractivity contribution in [2.75, 3.05) is 0 Å². The van der Waals surface area contributed by atoms with Gasteiger partial charge in [0.25, 0.3) is 0 Å². The Morgan fingerprint density at radius 3 is 2.44 bits per heavy atom. The van der Waals surface area contributed by atoms with E-state index in [2.05, 4.69) is 4.98 Å². The first-order chi connectivity index (χ1) is 4.11. The lowest BCUT2D eigenvalue weighted by Gasteiger charge is -1.86. The molecule has 50 valence electrons. The first-order valence-corrected chi connectivity index (χ1v) is 3.81. The van der Waals surface area contributed by atoms with Gasteiger partial charge in [0.1, 0.15) is 0 Å². The van der Waals surface area contributed by atoms with E-state index in [1.807, 2.05) is 0 Å². The van der Waals surface area contributed by atoms with E-state index >= 15 is 0 Å². The van der Waals surface area contributed by atoms with E-state index in [1.54, 1.807) is 0 Å². The van der Waals surface area contributed by atoms with Crippen molar-refractivity contribution in [1.29, 1.82) is 0 Å². The summed E-state index contributed by atoms with van der Waals surface area (Å²) >= 11 is 0. The second-order valence-corrected chi connectivity index (χ2v) is 3.15. The predicted octanol–water partition coefficient (Wildman–Crippen LogP) is -0.338. The van der Waals surface area contributed by atoms with E-state index in [4.69, 9.17) is 5.14 Å². The van der Waals surface area contributed by atoms with E-state index in [0.717, 1.165) is 0 Å². The van der Waals surface area contributed by atoms with Crippen molar-refractivity contribution in [2.45, 2.75) is 4.90 Å². The van der Waals surface area contributed by atoms with Gasteiger partial charge in [0.2, 0.25) is 10.0 Å². The summed E-state index contributed by atoms with van der Waals surface area (Å²) in [4.78, 5) is 2.69. The zero-order valence-electron chi connectivity index (χ0n) is 4.53. The van der Waals surface area contributed by atoms with E-state index < -0.39 is 10.0 Å². The maximum Gasteiger partial charge on any atom is 0.239 e. The summed E-state index contributed by atoms with van der Waals surface area (Å²) in [5.74, 6) is 0. The quantitative estimate of drug-likeness (QED) is 0.568. The number of aromatic amines is 1. The third kappa shape index (κ3) is 1.30. The highest BCUT2D eigenvalue weighted by atomic mass is 32.2. The normalized spacial score (nSPS) is 11.7. The Hall–Kier alpha value is -0.810. The van der Waals surface area contributed by atoms with Crippen LogP contribution < -0.4 is 5.14 Å². The first kappa shape index (κ1) is 6.31. The molecular formula is C4H6N2O2S. The summed E-state index contributed by atoms with van der Waals surface area (Å²) in [6, 6.07) is 1.40. The highest BCUT2D eigenvalue weighted by molar-refractivity contribution is 7.89. The van der Waals surface area contributed by atoms with Gasteiger partial charge in [0.15, 0.2) is 0 Å². The molecule has 0 unspecified atom stereocenters. The molecule has 1 rings (SSSR count). The van der Waals surface area contributed by atoms with E-state index in [9.17, 15) is 8.42 Å². The van der Waals surface area contributed by atoms with Gasteiger partial charge < -0.3 is 4.98 Å². The second kappa shape index (κ2) is 1.85.